The van der Waals surface area contributed by atoms with Crippen molar-refractivity contribution in [1.29, 1.82) is 0 Å². The lowest BCUT2D eigenvalue weighted by Gasteiger charge is -2.28. The number of phenols is 1. The predicted octanol–water partition coefficient (Wildman–Crippen LogP) is 16.1. The lowest BCUT2D eigenvalue weighted by molar-refractivity contribution is 0.446. The first-order valence-electron chi connectivity index (χ1n) is 22.3. The Hall–Kier alpha value is -6.47. The number of halogens is 3. The second kappa shape index (κ2) is 16.2. The van der Waals surface area contributed by atoms with E-state index in [2.05, 4.69) is 132 Å². The van der Waals surface area contributed by atoms with E-state index in [1.807, 2.05) is 71.4 Å². The van der Waals surface area contributed by atoms with E-state index in [4.69, 9.17) is 9.97 Å². The van der Waals surface area contributed by atoms with Gasteiger partial charge in [-0.2, -0.15) is 0 Å². The van der Waals surface area contributed by atoms with Crippen molar-refractivity contribution in [3.8, 4) is 67.5 Å². The van der Waals surface area contributed by atoms with Gasteiger partial charge < -0.3 is 5.11 Å². The highest BCUT2D eigenvalue weighted by atomic mass is 19.2. The van der Waals surface area contributed by atoms with Gasteiger partial charge in [-0.05, 0) is 121 Å². The summed E-state index contributed by atoms with van der Waals surface area (Å²) in [6.45, 7) is 25.4. The molecule has 0 bridgehead atoms. The molecule has 2 heterocycles. The van der Waals surface area contributed by atoms with Crippen LogP contribution in [0.25, 0.3) is 72.7 Å². The van der Waals surface area contributed by atoms with Gasteiger partial charge in [0.05, 0.1) is 28.0 Å². The molecule has 1 N–H and O–H groups in total. The van der Waals surface area contributed by atoms with Crippen molar-refractivity contribution in [2.24, 2.45) is 0 Å². The minimum Gasteiger partial charge on any atom is -0.507 e. The minimum absolute atomic E-state index is 0.0942. The van der Waals surface area contributed by atoms with Gasteiger partial charge in [0.15, 0.2) is 17.5 Å². The third kappa shape index (κ3) is 8.73. The normalized spacial score (nSPS) is 12.6. The number of hydrogen-bond donors (Lipinski definition) is 1. The number of rotatable bonds is 6. The molecular formula is C58H58F3N3O. The molecule has 0 unspecified atom stereocenters. The lowest BCUT2D eigenvalue weighted by atomic mass is 9.79. The van der Waals surface area contributed by atoms with Crippen molar-refractivity contribution in [3.63, 3.8) is 0 Å². The molecule has 0 radical (unpaired) electrons. The molecule has 0 aliphatic rings. The van der Waals surface area contributed by atoms with Crippen LogP contribution in [0.2, 0.25) is 0 Å². The molecule has 0 atom stereocenters. The van der Waals surface area contributed by atoms with Gasteiger partial charge in [-0.1, -0.05) is 144 Å². The Balaban J connectivity index is 1.49. The van der Waals surface area contributed by atoms with Crippen LogP contribution in [0.5, 0.6) is 5.75 Å². The third-order valence-electron chi connectivity index (χ3n) is 12.4. The van der Waals surface area contributed by atoms with Crippen LogP contribution in [0.15, 0.2) is 128 Å². The van der Waals surface area contributed by atoms with E-state index < -0.39 is 22.9 Å². The molecule has 6 aromatic carbocycles. The Bertz CT molecular complexity index is 3090. The second-order valence-electron chi connectivity index (χ2n) is 21.4. The Labute approximate surface area is 381 Å². The molecule has 0 saturated carbocycles. The fraction of sp³-hybridized carbons (Fsp3) is 0.276. The standard InChI is InChI=1S/C58H58F3N3O/c1-55(2,3)39-21-22-49(43(31-39)37-28-46(59)51(61)47(60)29-37)64-50-20-16-19-42(52(50)63-54(64)44-32-41(57(7,8)9)33-45(53(44)65)58(10,11)12)36-25-38(27-40(26-36)56(4,5)6)48-30-35(23-24-62-48)34-17-14-13-15-18-34/h13-33,65H,1-12H3. The number of imidazole rings is 1. The summed E-state index contributed by atoms with van der Waals surface area (Å²) in [6, 6.07) is 39.0. The van der Waals surface area contributed by atoms with Crippen LogP contribution in [0.1, 0.15) is 105 Å². The van der Waals surface area contributed by atoms with Crippen LogP contribution >= 0.6 is 0 Å². The number of benzene rings is 6. The van der Waals surface area contributed by atoms with Gasteiger partial charge in [-0.25, -0.2) is 18.2 Å². The van der Waals surface area contributed by atoms with Crippen LogP contribution in [0.4, 0.5) is 13.2 Å². The number of aromatic hydroxyl groups is 1. The Morgan fingerprint density at radius 1 is 0.477 bits per heavy atom. The first kappa shape index (κ1) is 45.1. The zero-order chi connectivity index (χ0) is 47.0. The molecule has 0 aliphatic heterocycles. The zero-order valence-corrected chi connectivity index (χ0v) is 39.5. The van der Waals surface area contributed by atoms with E-state index in [0.717, 1.165) is 67.9 Å². The monoisotopic (exact) mass is 869 g/mol. The molecule has 0 aliphatic carbocycles. The average Bonchev–Trinajstić information content (AvgIpc) is 3.63. The van der Waals surface area contributed by atoms with E-state index in [1.54, 1.807) is 0 Å². The predicted molar refractivity (Wildman–Crippen MR) is 262 cm³/mol. The highest BCUT2D eigenvalue weighted by Crippen LogP contribution is 2.46. The van der Waals surface area contributed by atoms with E-state index in [1.165, 1.54) is 0 Å². The molecule has 0 fully saturated rings. The largest absolute Gasteiger partial charge is 0.507 e. The fourth-order valence-electron chi connectivity index (χ4n) is 8.47. The van der Waals surface area contributed by atoms with Crippen molar-refractivity contribution in [1.82, 2.24) is 14.5 Å². The number of fused-ring (bicyclic) bond motifs is 1. The van der Waals surface area contributed by atoms with Gasteiger partial charge in [0, 0.05) is 28.5 Å². The Kier molecular flexibility index (Phi) is 11.2. The van der Waals surface area contributed by atoms with Crippen molar-refractivity contribution in [2.45, 2.75) is 105 Å². The van der Waals surface area contributed by atoms with E-state index in [9.17, 15) is 9.50 Å². The summed E-state index contributed by atoms with van der Waals surface area (Å²) in [6.07, 6.45) is 1.85. The van der Waals surface area contributed by atoms with Gasteiger partial charge in [-0.3, -0.25) is 9.55 Å². The van der Waals surface area contributed by atoms with Crippen LogP contribution in [-0.4, -0.2) is 19.6 Å². The summed E-state index contributed by atoms with van der Waals surface area (Å²) in [5.74, 6) is -3.56. The number of aromatic nitrogens is 3. The maximum atomic E-state index is 15.2. The molecule has 2 aromatic heterocycles. The van der Waals surface area contributed by atoms with Crippen LogP contribution in [0.3, 0.4) is 0 Å². The third-order valence-corrected chi connectivity index (χ3v) is 12.4. The molecule has 4 nitrogen and oxygen atoms in total. The Morgan fingerprint density at radius 2 is 1.08 bits per heavy atom. The van der Waals surface area contributed by atoms with E-state index in [0.29, 0.717) is 33.7 Å². The van der Waals surface area contributed by atoms with Crippen molar-refractivity contribution >= 4 is 11.0 Å². The molecule has 8 rings (SSSR count). The maximum absolute atomic E-state index is 15.2. The molecule has 0 amide bonds. The van der Waals surface area contributed by atoms with Crippen LogP contribution < -0.4 is 0 Å². The zero-order valence-electron chi connectivity index (χ0n) is 39.5. The molecule has 7 heteroatoms. The van der Waals surface area contributed by atoms with Crippen molar-refractivity contribution < 1.29 is 18.3 Å². The second-order valence-corrected chi connectivity index (χ2v) is 21.4. The number of pyridine rings is 1. The van der Waals surface area contributed by atoms with Gasteiger partial charge in [0.2, 0.25) is 0 Å². The molecular weight excluding hydrogens is 812 g/mol. The summed E-state index contributed by atoms with van der Waals surface area (Å²) in [4.78, 5) is 10.4. The maximum Gasteiger partial charge on any atom is 0.194 e. The lowest BCUT2D eigenvalue weighted by Crippen LogP contribution is -2.17. The van der Waals surface area contributed by atoms with Crippen LogP contribution in [-0.2, 0) is 21.7 Å². The van der Waals surface area contributed by atoms with E-state index >= 15 is 8.78 Å². The summed E-state index contributed by atoms with van der Waals surface area (Å²) >= 11 is 0. The highest BCUT2D eigenvalue weighted by molar-refractivity contribution is 5.98. The summed E-state index contributed by atoms with van der Waals surface area (Å²) in [5, 5.41) is 12.5. The van der Waals surface area contributed by atoms with Crippen LogP contribution in [0, 0.1) is 17.5 Å². The summed E-state index contributed by atoms with van der Waals surface area (Å²) in [5.41, 5.74) is 11.3. The summed E-state index contributed by atoms with van der Waals surface area (Å²) in [7, 11) is 0. The SMILES string of the molecule is CC(C)(C)c1cc(-c2cc(-c3ccccc3)ccn2)cc(-c2cccc3c2nc(-c2cc(C(C)(C)C)cc(C(C)(C)C)c2O)n3-c2ccc(C(C)(C)C)cc2-c2cc(F)c(F)c(F)c2)c1. The smallest absolute Gasteiger partial charge is 0.194 e. The van der Waals surface area contributed by atoms with Crippen molar-refractivity contribution in [3.05, 3.63) is 167 Å². The molecule has 0 spiro atoms. The molecule has 332 valence electrons. The van der Waals surface area contributed by atoms with Crippen molar-refractivity contribution in [2.75, 3.05) is 0 Å². The molecule has 8 aromatic rings. The van der Waals surface area contributed by atoms with Gasteiger partial charge in [0.25, 0.3) is 0 Å². The quantitative estimate of drug-likeness (QED) is 0.169. The van der Waals surface area contributed by atoms with Gasteiger partial charge >= 0.3 is 0 Å². The summed E-state index contributed by atoms with van der Waals surface area (Å²) < 4.78 is 47.1. The molecule has 0 saturated heterocycles. The minimum atomic E-state index is -1.53. The van der Waals surface area contributed by atoms with Gasteiger partial charge in [0.1, 0.15) is 11.6 Å². The van der Waals surface area contributed by atoms with E-state index in [-0.39, 0.29) is 27.6 Å². The highest BCUT2D eigenvalue weighted by Gasteiger charge is 2.30. The fourth-order valence-corrected chi connectivity index (χ4v) is 8.47. The number of phenolic OH excluding ortho intramolecular Hbond substituents is 1. The molecule has 65 heavy (non-hydrogen) atoms. The number of para-hydroxylation sites is 1. The average molecular weight is 870 g/mol. The first-order valence-corrected chi connectivity index (χ1v) is 22.3. The van der Waals surface area contributed by atoms with Gasteiger partial charge in [-0.15, -0.1) is 0 Å². The topological polar surface area (TPSA) is 50.9 Å². The number of hydrogen-bond acceptors (Lipinski definition) is 3. The first-order chi connectivity index (χ1) is 30.4. The Morgan fingerprint density at radius 3 is 1.71 bits per heavy atom. The number of nitrogens with zero attached hydrogens (tertiary/aromatic N) is 3.